The fraction of sp³-hybridized carbons (Fsp3) is 0.764. The molecule has 0 rings (SSSR count). The number of hydrogen-bond donors (Lipinski definition) is 0. The number of carbonyl (C=O) groups is 3. The highest BCUT2D eigenvalue weighted by molar-refractivity contribution is 5.71. The zero-order chi connectivity index (χ0) is 44.4. The normalized spacial score (nSPS) is 12.5. The van der Waals surface area contributed by atoms with Crippen LogP contribution in [0.25, 0.3) is 0 Å². The second-order valence-electron chi connectivity index (χ2n) is 17.1. The molecule has 0 spiro atoms. The zero-order valence-corrected chi connectivity index (χ0v) is 40.2. The van der Waals surface area contributed by atoms with Crippen molar-refractivity contribution in [1.82, 2.24) is 0 Å². The molecule has 0 saturated carbocycles. The van der Waals surface area contributed by atoms with Crippen LogP contribution >= 0.6 is 0 Å². The highest BCUT2D eigenvalue weighted by Gasteiger charge is 2.19. The minimum atomic E-state index is -0.785. The molecule has 6 heteroatoms. The van der Waals surface area contributed by atoms with Gasteiger partial charge in [-0.25, -0.2) is 0 Å². The minimum Gasteiger partial charge on any atom is -0.462 e. The van der Waals surface area contributed by atoms with Gasteiger partial charge in [0.15, 0.2) is 6.10 Å². The first-order valence-electron chi connectivity index (χ1n) is 25.8. The maximum absolute atomic E-state index is 12.8. The van der Waals surface area contributed by atoms with Crippen LogP contribution in [0.2, 0.25) is 0 Å². The van der Waals surface area contributed by atoms with Gasteiger partial charge in [-0.3, -0.25) is 14.4 Å². The molecule has 352 valence electrons. The van der Waals surface area contributed by atoms with E-state index in [9.17, 15) is 14.4 Å². The molecule has 0 saturated heterocycles. The van der Waals surface area contributed by atoms with Crippen LogP contribution in [-0.4, -0.2) is 37.2 Å². The Morgan fingerprint density at radius 2 is 0.656 bits per heavy atom. The summed E-state index contributed by atoms with van der Waals surface area (Å²) in [5, 5.41) is 0. The molecule has 0 heterocycles. The summed E-state index contributed by atoms with van der Waals surface area (Å²) in [4.78, 5) is 37.9. The summed E-state index contributed by atoms with van der Waals surface area (Å²) < 4.78 is 16.8. The third-order valence-electron chi connectivity index (χ3n) is 11.1. The molecule has 0 aliphatic carbocycles. The van der Waals surface area contributed by atoms with Crippen molar-refractivity contribution in [1.29, 1.82) is 0 Å². The molecule has 0 fully saturated rings. The molecule has 0 aliphatic heterocycles. The van der Waals surface area contributed by atoms with Crippen molar-refractivity contribution in [2.45, 2.75) is 258 Å². The van der Waals surface area contributed by atoms with Gasteiger partial charge in [-0.05, 0) is 64.2 Å². The topological polar surface area (TPSA) is 78.9 Å². The molecule has 0 N–H and O–H groups in total. The lowest BCUT2D eigenvalue weighted by Gasteiger charge is -2.18. The van der Waals surface area contributed by atoms with Gasteiger partial charge in [-0.1, -0.05) is 229 Å². The predicted octanol–water partition coefficient (Wildman–Crippen LogP) is 16.9. The lowest BCUT2D eigenvalue weighted by Crippen LogP contribution is -2.30. The lowest BCUT2D eigenvalue weighted by molar-refractivity contribution is -0.167. The average Bonchev–Trinajstić information content (AvgIpc) is 3.26. The fourth-order valence-electron chi connectivity index (χ4n) is 7.21. The maximum atomic E-state index is 12.8. The van der Waals surface area contributed by atoms with E-state index in [1.54, 1.807) is 0 Å². The van der Waals surface area contributed by atoms with E-state index in [0.29, 0.717) is 19.3 Å². The van der Waals surface area contributed by atoms with Gasteiger partial charge in [0.1, 0.15) is 13.2 Å². The number of unbranched alkanes of at least 4 members (excludes halogenated alkanes) is 28. The van der Waals surface area contributed by atoms with E-state index in [1.165, 1.54) is 128 Å². The standard InChI is InChI=1S/C55H96O6/c1-4-7-10-13-16-19-22-24-26-27-29-30-33-36-39-42-45-48-54(57)60-51-52(50-59-53(56)47-44-41-38-35-32-21-18-15-12-9-6-3)61-55(58)49-46-43-40-37-34-31-28-25-23-20-17-14-11-8-5-2/h8,11,14,17,20,23-26,28,52H,4-7,9-10,12-13,15-16,18-19,21-22,27,29-51H2,1-3H3/b11-8-,17-14-,23-20-,26-24-,28-25-. The quantitative estimate of drug-likeness (QED) is 0.0200. The second kappa shape index (κ2) is 49.8. The lowest BCUT2D eigenvalue weighted by atomic mass is 10.1. The molecule has 61 heavy (non-hydrogen) atoms. The van der Waals surface area contributed by atoms with Gasteiger partial charge in [0.25, 0.3) is 0 Å². The highest BCUT2D eigenvalue weighted by atomic mass is 16.6. The first kappa shape index (κ1) is 58.1. The van der Waals surface area contributed by atoms with Crippen LogP contribution in [0.4, 0.5) is 0 Å². The number of ether oxygens (including phenoxy) is 3. The molecule has 0 aromatic carbocycles. The summed E-state index contributed by atoms with van der Waals surface area (Å²) in [5.41, 5.74) is 0. The minimum absolute atomic E-state index is 0.0836. The third-order valence-corrected chi connectivity index (χ3v) is 11.1. The number of esters is 3. The van der Waals surface area contributed by atoms with Crippen LogP contribution in [0.5, 0.6) is 0 Å². The van der Waals surface area contributed by atoms with Gasteiger partial charge in [-0.2, -0.15) is 0 Å². The molecule has 1 atom stereocenters. The molecule has 0 aromatic rings. The summed E-state index contributed by atoms with van der Waals surface area (Å²) >= 11 is 0. The summed E-state index contributed by atoms with van der Waals surface area (Å²) in [6.45, 7) is 6.47. The van der Waals surface area contributed by atoms with Gasteiger partial charge in [-0.15, -0.1) is 0 Å². The Balaban J connectivity index is 4.39. The zero-order valence-electron chi connectivity index (χ0n) is 40.2. The van der Waals surface area contributed by atoms with Crippen LogP contribution in [0.15, 0.2) is 60.8 Å². The maximum Gasteiger partial charge on any atom is 0.306 e. The number of allylic oxidation sites excluding steroid dienone is 10. The van der Waals surface area contributed by atoms with E-state index in [-0.39, 0.29) is 31.1 Å². The van der Waals surface area contributed by atoms with Crippen LogP contribution in [-0.2, 0) is 28.6 Å². The van der Waals surface area contributed by atoms with Gasteiger partial charge >= 0.3 is 17.9 Å². The van der Waals surface area contributed by atoms with E-state index in [0.717, 1.165) is 83.5 Å². The molecule has 0 radical (unpaired) electrons. The summed E-state index contributed by atoms with van der Waals surface area (Å²) in [6, 6.07) is 0. The Morgan fingerprint density at radius 1 is 0.344 bits per heavy atom. The van der Waals surface area contributed by atoms with E-state index in [2.05, 4.69) is 63.3 Å². The fourth-order valence-corrected chi connectivity index (χ4v) is 7.21. The van der Waals surface area contributed by atoms with Crippen LogP contribution in [0.1, 0.15) is 252 Å². The molecular formula is C55H96O6. The van der Waals surface area contributed by atoms with Gasteiger partial charge < -0.3 is 14.2 Å². The van der Waals surface area contributed by atoms with Crippen molar-refractivity contribution >= 4 is 17.9 Å². The second-order valence-corrected chi connectivity index (χ2v) is 17.1. The van der Waals surface area contributed by atoms with Crippen molar-refractivity contribution in [3.8, 4) is 0 Å². The van der Waals surface area contributed by atoms with Gasteiger partial charge in [0, 0.05) is 19.3 Å². The molecule has 6 nitrogen and oxygen atoms in total. The van der Waals surface area contributed by atoms with E-state index < -0.39 is 6.10 Å². The van der Waals surface area contributed by atoms with Crippen molar-refractivity contribution in [2.24, 2.45) is 0 Å². The highest BCUT2D eigenvalue weighted by Crippen LogP contribution is 2.15. The Bertz CT molecular complexity index is 1120. The summed E-state index contributed by atoms with van der Waals surface area (Å²) in [6.07, 6.45) is 60.6. The molecular weight excluding hydrogens is 757 g/mol. The third kappa shape index (κ3) is 48.0. The van der Waals surface area contributed by atoms with Crippen molar-refractivity contribution in [3.05, 3.63) is 60.8 Å². The van der Waals surface area contributed by atoms with Crippen molar-refractivity contribution in [3.63, 3.8) is 0 Å². The first-order chi connectivity index (χ1) is 30.0. The molecule has 1 unspecified atom stereocenters. The Morgan fingerprint density at radius 3 is 1.05 bits per heavy atom. The van der Waals surface area contributed by atoms with Crippen LogP contribution in [0.3, 0.4) is 0 Å². The van der Waals surface area contributed by atoms with E-state index in [1.807, 2.05) is 18.2 Å². The van der Waals surface area contributed by atoms with E-state index >= 15 is 0 Å². The monoisotopic (exact) mass is 853 g/mol. The Hall–Kier alpha value is -2.89. The van der Waals surface area contributed by atoms with Gasteiger partial charge in [0.2, 0.25) is 0 Å². The number of rotatable bonds is 46. The Labute approximate surface area is 377 Å². The number of carbonyl (C=O) groups excluding carboxylic acids is 3. The average molecular weight is 853 g/mol. The number of hydrogen-bond acceptors (Lipinski definition) is 6. The smallest absolute Gasteiger partial charge is 0.306 e. The van der Waals surface area contributed by atoms with Crippen molar-refractivity contribution < 1.29 is 28.6 Å². The van der Waals surface area contributed by atoms with Crippen LogP contribution in [0, 0.1) is 0 Å². The molecule has 0 aliphatic rings. The first-order valence-corrected chi connectivity index (χ1v) is 25.8. The predicted molar refractivity (Wildman–Crippen MR) is 261 cm³/mol. The Kier molecular flexibility index (Phi) is 47.4. The summed E-state index contributed by atoms with van der Waals surface area (Å²) in [7, 11) is 0. The largest absolute Gasteiger partial charge is 0.462 e. The van der Waals surface area contributed by atoms with Gasteiger partial charge in [0.05, 0.1) is 0 Å². The van der Waals surface area contributed by atoms with E-state index in [4.69, 9.17) is 14.2 Å². The SMILES string of the molecule is CC\C=C/C=C\C=C/C=C\CCCCCCCC(=O)OC(COC(=O)CCCCCCCCC/C=C\CCCCCCCC)COC(=O)CCCCCCCCCCCCC. The van der Waals surface area contributed by atoms with Crippen LogP contribution < -0.4 is 0 Å². The molecule has 0 aromatic heterocycles. The summed E-state index contributed by atoms with van der Waals surface area (Å²) in [5.74, 6) is -0.907. The van der Waals surface area contributed by atoms with Crippen molar-refractivity contribution in [2.75, 3.05) is 13.2 Å². The molecule has 0 bridgehead atoms. The molecule has 0 amide bonds.